The highest BCUT2D eigenvalue weighted by molar-refractivity contribution is 5.92. The average molecular weight is 444 g/mol. The van der Waals surface area contributed by atoms with Crippen molar-refractivity contribution in [1.82, 2.24) is 15.1 Å². The van der Waals surface area contributed by atoms with Crippen LogP contribution in [0.3, 0.4) is 0 Å². The SMILES string of the molecule is CC(=O)Nc1cccc(CNC(=O)c2nn(-c3cccc(C(F)(F)F)c3)c(C)cc2=O)c1. The first-order valence-corrected chi connectivity index (χ1v) is 9.48. The monoisotopic (exact) mass is 444 g/mol. The molecule has 3 rings (SSSR count). The molecule has 7 nitrogen and oxygen atoms in total. The van der Waals surface area contributed by atoms with Crippen LogP contribution in [-0.2, 0) is 17.5 Å². The number of carbonyl (C=O) groups excluding carboxylic acids is 2. The molecule has 10 heteroatoms. The van der Waals surface area contributed by atoms with Crippen LogP contribution in [0.5, 0.6) is 0 Å². The lowest BCUT2D eigenvalue weighted by Gasteiger charge is -2.14. The quantitative estimate of drug-likeness (QED) is 0.631. The van der Waals surface area contributed by atoms with Gasteiger partial charge in [-0.2, -0.15) is 18.3 Å². The van der Waals surface area contributed by atoms with E-state index in [9.17, 15) is 27.6 Å². The maximum Gasteiger partial charge on any atom is 0.416 e. The first kappa shape index (κ1) is 22.7. The predicted molar refractivity (Wildman–Crippen MR) is 111 cm³/mol. The van der Waals surface area contributed by atoms with Crippen molar-refractivity contribution in [2.45, 2.75) is 26.6 Å². The summed E-state index contributed by atoms with van der Waals surface area (Å²) >= 11 is 0. The summed E-state index contributed by atoms with van der Waals surface area (Å²) in [4.78, 5) is 36.1. The molecule has 0 radical (unpaired) electrons. The van der Waals surface area contributed by atoms with E-state index in [2.05, 4.69) is 15.7 Å². The van der Waals surface area contributed by atoms with E-state index in [1.165, 1.54) is 26.0 Å². The number of hydrogen-bond acceptors (Lipinski definition) is 4. The van der Waals surface area contributed by atoms with Crippen molar-refractivity contribution in [1.29, 1.82) is 0 Å². The molecular weight excluding hydrogens is 425 g/mol. The lowest BCUT2D eigenvalue weighted by Crippen LogP contribution is -2.31. The molecule has 2 aromatic carbocycles. The number of halogens is 3. The highest BCUT2D eigenvalue weighted by atomic mass is 19.4. The second kappa shape index (κ2) is 9.04. The molecular formula is C22H19F3N4O3. The summed E-state index contributed by atoms with van der Waals surface area (Å²) < 4.78 is 40.3. The van der Waals surface area contributed by atoms with E-state index in [-0.39, 0.29) is 23.8 Å². The molecule has 0 fully saturated rings. The minimum atomic E-state index is -4.55. The summed E-state index contributed by atoms with van der Waals surface area (Å²) in [6.45, 7) is 2.92. The van der Waals surface area contributed by atoms with E-state index in [0.29, 0.717) is 11.3 Å². The predicted octanol–water partition coefficient (Wildman–Crippen LogP) is 3.45. The van der Waals surface area contributed by atoms with Gasteiger partial charge < -0.3 is 10.6 Å². The Hall–Kier alpha value is -3.95. The van der Waals surface area contributed by atoms with Crippen LogP contribution in [-0.4, -0.2) is 21.6 Å². The third-order valence-electron chi connectivity index (χ3n) is 4.44. The van der Waals surface area contributed by atoms with Crippen LogP contribution in [0.4, 0.5) is 18.9 Å². The van der Waals surface area contributed by atoms with E-state index in [4.69, 9.17) is 0 Å². The van der Waals surface area contributed by atoms with E-state index in [0.717, 1.165) is 22.9 Å². The number of nitrogens with one attached hydrogen (secondary N) is 2. The Morgan fingerprint density at radius 2 is 1.78 bits per heavy atom. The Bertz CT molecular complexity index is 1240. The van der Waals surface area contributed by atoms with Crippen LogP contribution in [0, 0.1) is 6.92 Å². The summed E-state index contributed by atoms with van der Waals surface area (Å²) in [7, 11) is 0. The Morgan fingerprint density at radius 1 is 1.06 bits per heavy atom. The van der Waals surface area contributed by atoms with Gasteiger partial charge in [0, 0.05) is 30.9 Å². The second-order valence-electron chi connectivity index (χ2n) is 7.02. The van der Waals surface area contributed by atoms with Gasteiger partial charge in [0.25, 0.3) is 5.91 Å². The fourth-order valence-corrected chi connectivity index (χ4v) is 3.01. The van der Waals surface area contributed by atoms with Gasteiger partial charge in [0.1, 0.15) is 0 Å². The number of rotatable bonds is 5. The zero-order chi connectivity index (χ0) is 23.5. The minimum Gasteiger partial charge on any atom is -0.346 e. The van der Waals surface area contributed by atoms with Crippen LogP contribution < -0.4 is 16.1 Å². The maximum atomic E-state index is 13.0. The molecule has 0 aliphatic rings. The normalized spacial score (nSPS) is 11.2. The molecule has 0 atom stereocenters. The van der Waals surface area contributed by atoms with Gasteiger partial charge in [0.2, 0.25) is 11.3 Å². The molecule has 0 saturated carbocycles. The lowest BCUT2D eigenvalue weighted by atomic mass is 10.2. The van der Waals surface area contributed by atoms with Crippen molar-refractivity contribution in [3.05, 3.63) is 87.3 Å². The molecule has 1 heterocycles. The highest BCUT2D eigenvalue weighted by Gasteiger charge is 2.30. The van der Waals surface area contributed by atoms with Gasteiger partial charge in [-0.1, -0.05) is 18.2 Å². The molecule has 32 heavy (non-hydrogen) atoms. The van der Waals surface area contributed by atoms with Crippen molar-refractivity contribution in [2.24, 2.45) is 0 Å². The molecule has 2 amide bonds. The number of aryl methyl sites for hydroxylation is 1. The zero-order valence-electron chi connectivity index (χ0n) is 17.2. The summed E-state index contributed by atoms with van der Waals surface area (Å²) in [5.74, 6) is -1.02. The first-order valence-electron chi connectivity index (χ1n) is 9.48. The fourth-order valence-electron chi connectivity index (χ4n) is 3.01. The number of amides is 2. The van der Waals surface area contributed by atoms with Gasteiger partial charge in [-0.3, -0.25) is 14.4 Å². The largest absolute Gasteiger partial charge is 0.416 e. The van der Waals surface area contributed by atoms with Crippen molar-refractivity contribution < 1.29 is 22.8 Å². The summed E-state index contributed by atoms with van der Waals surface area (Å²) in [5.41, 5.74) is -0.441. The van der Waals surface area contributed by atoms with E-state index in [1.54, 1.807) is 24.3 Å². The van der Waals surface area contributed by atoms with E-state index < -0.39 is 28.8 Å². The van der Waals surface area contributed by atoms with Crippen molar-refractivity contribution in [2.75, 3.05) is 5.32 Å². The Balaban J connectivity index is 1.85. The zero-order valence-corrected chi connectivity index (χ0v) is 17.2. The molecule has 1 aromatic heterocycles. The van der Waals surface area contributed by atoms with Gasteiger partial charge >= 0.3 is 6.18 Å². The van der Waals surface area contributed by atoms with Crippen LogP contribution in [0.1, 0.15) is 34.2 Å². The third-order valence-corrected chi connectivity index (χ3v) is 4.44. The summed E-state index contributed by atoms with van der Waals surface area (Å²) in [6.07, 6.45) is -4.55. The van der Waals surface area contributed by atoms with Crippen LogP contribution in [0.2, 0.25) is 0 Å². The Kier molecular flexibility index (Phi) is 6.42. The molecule has 0 unspecified atom stereocenters. The minimum absolute atomic E-state index is 0.0464. The Labute approximate surface area is 180 Å². The van der Waals surface area contributed by atoms with Gasteiger partial charge in [0.05, 0.1) is 11.3 Å². The molecule has 2 N–H and O–H groups in total. The number of anilines is 1. The number of carbonyl (C=O) groups is 2. The van der Waals surface area contributed by atoms with Gasteiger partial charge in [-0.25, -0.2) is 4.68 Å². The second-order valence-corrected chi connectivity index (χ2v) is 7.02. The van der Waals surface area contributed by atoms with Crippen LogP contribution >= 0.6 is 0 Å². The molecule has 0 bridgehead atoms. The number of alkyl halides is 3. The first-order chi connectivity index (χ1) is 15.0. The number of benzene rings is 2. The van der Waals surface area contributed by atoms with Crippen LogP contribution in [0.25, 0.3) is 5.69 Å². The molecule has 3 aromatic rings. The molecule has 0 spiro atoms. The summed E-state index contributed by atoms with van der Waals surface area (Å²) in [6, 6.07) is 12.3. The molecule has 166 valence electrons. The number of aromatic nitrogens is 2. The smallest absolute Gasteiger partial charge is 0.346 e. The highest BCUT2D eigenvalue weighted by Crippen LogP contribution is 2.30. The molecule has 0 aliphatic carbocycles. The topological polar surface area (TPSA) is 93.1 Å². The Morgan fingerprint density at radius 3 is 2.47 bits per heavy atom. The average Bonchev–Trinajstić information content (AvgIpc) is 2.71. The number of nitrogens with zero attached hydrogens (tertiary/aromatic N) is 2. The van der Waals surface area contributed by atoms with E-state index in [1.807, 2.05) is 0 Å². The van der Waals surface area contributed by atoms with Crippen molar-refractivity contribution in [3.63, 3.8) is 0 Å². The van der Waals surface area contributed by atoms with E-state index >= 15 is 0 Å². The van der Waals surface area contributed by atoms with Crippen molar-refractivity contribution >= 4 is 17.5 Å². The van der Waals surface area contributed by atoms with Gasteiger partial charge in [0.15, 0.2) is 5.69 Å². The maximum absolute atomic E-state index is 13.0. The third kappa shape index (κ3) is 5.39. The fraction of sp³-hybridized carbons (Fsp3) is 0.182. The number of hydrogen-bond donors (Lipinski definition) is 2. The molecule has 0 aliphatic heterocycles. The molecule has 0 saturated heterocycles. The van der Waals surface area contributed by atoms with Crippen LogP contribution in [0.15, 0.2) is 59.4 Å². The van der Waals surface area contributed by atoms with Gasteiger partial charge in [-0.05, 0) is 42.8 Å². The van der Waals surface area contributed by atoms with Gasteiger partial charge in [-0.15, -0.1) is 0 Å². The standard InChI is InChI=1S/C22H19F3N4O3/c1-13-9-19(31)20(28-29(13)18-8-4-6-16(11-18)22(23,24)25)21(32)26-12-15-5-3-7-17(10-15)27-14(2)30/h3-11H,12H2,1-2H3,(H,26,32)(H,27,30). The van der Waals surface area contributed by atoms with Crippen molar-refractivity contribution in [3.8, 4) is 5.69 Å². The summed E-state index contributed by atoms with van der Waals surface area (Å²) in [5, 5.41) is 9.19. The lowest BCUT2D eigenvalue weighted by molar-refractivity contribution is -0.137.